The van der Waals surface area contributed by atoms with Crippen LogP contribution in [-0.4, -0.2) is 13.4 Å². The van der Waals surface area contributed by atoms with Crippen molar-refractivity contribution in [2.75, 3.05) is 0 Å². The SMILES string of the molecule is CCCCCCC(C)(CCC)c1ccc(S(N)(=O)=O)cn1. The highest BCUT2D eigenvalue weighted by molar-refractivity contribution is 7.89. The van der Waals surface area contributed by atoms with Gasteiger partial charge < -0.3 is 0 Å². The lowest BCUT2D eigenvalue weighted by molar-refractivity contribution is 0.367. The van der Waals surface area contributed by atoms with Crippen molar-refractivity contribution in [1.29, 1.82) is 0 Å². The molecule has 1 unspecified atom stereocenters. The molecule has 1 aromatic rings. The van der Waals surface area contributed by atoms with Crippen LogP contribution in [0.1, 0.15) is 71.4 Å². The number of aromatic nitrogens is 1. The van der Waals surface area contributed by atoms with Crippen molar-refractivity contribution in [3.63, 3.8) is 0 Å². The Kier molecular flexibility index (Phi) is 6.81. The number of rotatable bonds is 9. The van der Waals surface area contributed by atoms with E-state index in [1.54, 1.807) is 6.07 Å². The molecule has 0 spiro atoms. The average Bonchev–Trinajstić information content (AvgIpc) is 2.43. The fourth-order valence-electron chi connectivity index (χ4n) is 2.78. The first kappa shape index (κ1) is 18.1. The van der Waals surface area contributed by atoms with Crippen LogP contribution in [0.2, 0.25) is 0 Å². The Bertz CT molecular complexity index is 526. The predicted octanol–water partition coefficient (Wildman–Crippen LogP) is 3.76. The molecule has 1 atom stereocenters. The molecule has 2 N–H and O–H groups in total. The zero-order valence-electron chi connectivity index (χ0n) is 13.4. The molecule has 1 heterocycles. The van der Waals surface area contributed by atoms with E-state index >= 15 is 0 Å². The number of nitrogens with two attached hydrogens (primary N) is 1. The van der Waals surface area contributed by atoms with Gasteiger partial charge in [-0.3, -0.25) is 4.98 Å². The van der Waals surface area contributed by atoms with Crippen molar-refractivity contribution < 1.29 is 8.42 Å². The van der Waals surface area contributed by atoms with E-state index < -0.39 is 10.0 Å². The summed E-state index contributed by atoms with van der Waals surface area (Å²) in [5.74, 6) is 0. The van der Waals surface area contributed by atoms with Crippen molar-refractivity contribution in [2.45, 2.75) is 76.0 Å². The van der Waals surface area contributed by atoms with E-state index in [0.29, 0.717) is 0 Å². The Morgan fingerprint density at radius 1 is 1.10 bits per heavy atom. The minimum absolute atomic E-state index is 0.0133. The van der Waals surface area contributed by atoms with Gasteiger partial charge in [0.25, 0.3) is 0 Å². The molecule has 1 rings (SSSR count). The van der Waals surface area contributed by atoms with Gasteiger partial charge in [-0.15, -0.1) is 0 Å². The Labute approximate surface area is 129 Å². The maximum absolute atomic E-state index is 11.3. The molecule has 5 heteroatoms. The predicted molar refractivity (Wildman–Crippen MR) is 86.6 cm³/mol. The van der Waals surface area contributed by atoms with E-state index in [4.69, 9.17) is 5.14 Å². The van der Waals surface area contributed by atoms with Crippen LogP contribution < -0.4 is 5.14 Å². The highest BCUT2D eigenvalue weighted by Crippen LogP contribution is 2.33. The van der Waals surface area contributed by atoms with Crippen molar-refractivity contribution in [2.24, 2.45) is 5.14 Å². The number of hydrogen-bond donors (Lipinski definition) is 1. The van der Waals surface area contributed by atoms with Gasteiger partial charge in [0.15, 0.2) is 0 Å². The van der Waals surface area contributed by atoms with Gasteiger partial charge in [0.2, 0.25) is 10.0 Å². The molecular formula is C16H28N2O2S. The lowest BCUT2D eigenvalue weighted by Crippen LogP contribution is -2.24. The molecule has 0 bridgehead atoms. The smallest absolute Gasteiger partial charge is 0.239 e. The van der Waals surface area contributed by atoms with Gasteiger partial charge in [0, 0.05) is 17.3 Å². The monoisotopic (exact) mass is 312 g/mol. The van der Waals surface area contributed by atoms with Crippen molar-refractivity contribution >= 4 is 10.0 Å². The molecule has 0 saturated carbocycles. The van der Waals surface area contributed by atoms with Crippen LogP contribution in [0.3, 0.4) is 0 Å². The molecule has 0 saturated heterocycles. The summed E-state index contributed by atoms with van der Waals surface area (Å²) in [4.78, 5) is 4.46. The summed E-state index contributed by atoms with van der Waals surface area (Å²) in [6.45, 7) is 6.60. The van der Waals surface area contributed by atoms with E-state index in [9.17, 15) is 8.42 Å². The quantitative estimate of drug-likeness (QED) is 0.706. The fraction of sp³-hybridized carbons (Fsp3) is 0.688. The molecule has 21 heavy (non-hydrogen) atoms. The van der Waals surface area contributed by atoms with Gasteiger partial charge in [-0.1, -0.05) is 52.9 Å². The van der Waals surface area contributed by atoms with Crippen molar-refractivity contribution in [1.82, 2.24) is 4.98 Å². The highest BCUT2D eigenvalue weighted by atomic mass is 32.2. The van der Waals surface area contributed by atoms with E-state index in [1.807, 2.05) is 6.07 Å². The Hall–Kier alpha value is -0.940. The Morgan fingerprint density at radius 2 is 1.81 bits per heavy atom. The fourth-order valence-corrected chi connectivity index (χ4v) is 3.24. The highest BCUT2D eigenvalue weighted by Gasteiger charge is 2.27. The van der Waals surface area contributed by atoms with Crippen LogP contribution in [0.25, 0.3) is 0 Å². The third-order valence-electron chi connectivity index (χ3n) is 4.07. The molecular weight excluding hydrogens is 284 g/mol. The van der Waals surface area contributed by atoms with Gasteiger partial charge in [0.05, 0.1) is 0 Å². The van der Waals surface area contributed by atoms with Crippen molar-refractivity contribution in [3.8, 4) is 0 Å². The molecule has 0 aliphatic heterocycles. The topological polar surface area (TPSA) is 73.1 Å². The number of unbranched alkanes of at least 4 members (excludes halogenated alkanes) is 3. The molecule has 0 aliphatic rings. The second kappa shape index (κ2) is 7.90. The molecule has 0 aliphatic carbocycles. The normalized spacial score (nSPS) is 14.9. The van der Waals surface area contributed by atoms with E-state index in [2.05, 4.69) is 25.8 Å². The first-order chi connectivity index (χ1) is 9.83. The van der Waals surface area contributed by atoms with Crippen LogP contribution >= 0.6 is 0 Å². The number of pyridine rings is 1. The molecule has 0 aromatic carbocycles. The minimum Gasteiger partial charge on any atom is -0.259 e. The van der Waals surface area contributed by atoms with Gasteiger partial charge >= 0.3 is 0 Å². The number of hydrogen-bond acceptors (Lipinski definition) is 3. The number of sulfonamides is 1. The Morgan fingerprint density at radius 3 is 2.29 bits per heavy atom. The first-order valence-electron chi connectivity index (χ1n) is 7.83. The minimum atomic E-state index is -3.66. The molecule has 0 amide bonds. The summed E-state index contributed by atoms with van der Waals surface area (Å²) < 4.78 is 22.6. The summed E-state index contributed by atoms with van der Waals surface area (Å²) in [5, 5.41) is 5.12. The molecule has 0 radical (unpaired) electrons. The Balaban J connectivity index is 2.88. The van der Waals surface area contributed by atoms with Gasteiger partial charge in [-0.2, -0.15) is 0 Å². The summed E-state index contributed by atoms with van der Waals surface area (Å²) in [6, 6.07) is 3.38. The average molecular weight is 312 g/mol. The first-order valence-corrected chi connectivity index (χ1v) is 9.37. The van der Waals surface area contributed by atoms with Gasteiger partial charge in [0.1, 0.15) is 4.90 Å². The molecule has 1 aromatic heterocycles. The van der Waals surface area contributed by atoms with Gasteiger partial charge in [-0.25, -0.2) is 13.6 Å². The lowest BCUT2D eigenvalue weighted by atomic mass is 9.77. The summed E-state index contributed by atoms with van der Waals surface area (Å²) >= 11 is 0. The van der Waals surface area contributed by atoms with Crippen molar-refractivity contribution in [3.05, 3.63) is 24.0 Å². The lowest BCUT2D eigenvalue weighted by Gasteiger charge is -2.29. The second-order valence-corrected chi connectivity index (χ2v) is 7.61. The molecule has 0 fully saturated rings. The zero-order valence-corrected chi connectivity index (χ0v) is 14.2. The van der Waals surface area contributed by atoms with Crippen LogP contribution in [0.5, 0.6) is 0 Å². The second-order valence-electron chi connectivity index (χ2n) is 6.05. The largest absolute Gasteiger partial charge is 0.259 e. The standard InChI is InChI=1S/C16H28N2O2S/c1-4-6-7-8-12-16(3,11-5-2)15-10-9-14(13-18-15)21(17,19)20/h9-10,13H,4-8,11-12H2,1-3H3,(H2,17,19,20). The summed E-state index contributed by atoms with van der Waals surface area (Å²) in [5.41, 5.74) is 0.979. The van der Waals surface area contributed by atoms with Crippen LogP contribution in [0, 0.1) is 0 Å². The van der Waals surface area contributed by atoms with Crippen LogP contribution in [0.4, 0.5) is 0 Å². The zero-order chi connectivity index (χ0) is 15.9. The number of primary sulfonamides is 1. The van der Waals surface area contributed by atoms with Crippen LogP contribution in [0.15, 0.2) is 23.2 Å². The van der Waals surface area contributed by atoms with Gasteiger partial charge in [-0.05, 0) is 25.0 Å². The van der Waals surface area contributed by atoms with E-state index in [0.717, 1.165) is 25.0 Å². The third kappa shape index (κ3) is 5.40. The maximum Gasteiger partial charge on any atom is 0.239 e. The number of nitrogens with zero attached hydrogens (tertiary/aromatic N) is 1. The van der Waals surface area contributed by atoms with E-state index in [1.165, 1.54) is 31.9 Å². The van der Waals surface area contributed by atoms with Crippen LogP contribution in [-0.2, 0) is 15.4 Å². The summed E-state index contributed by atoms with van der Waals surface area (Å²) in [6.07, 6.45) is 9.52. The molecule has 120 valence electrons. The maximum atomic E-state index is 11.3. The summed E-state index contributed by atoms with van der Waals surface area (Å²) in [7, 11) is -3.66. The third-order valence-corrected chi connectivity index (χ3v) is 4.97. The molecule has 4 nitrogen and oxygen atoms in total. The van der Waals surface area contributed by atoms with E-state index in [-0.39, 0.29) is 10.3 Å².